The largest absolute Gasteiger partial charge is 0.508 e. The Bertz CT molecular complexity index is 652. The molecule has 1 aromatic carbocycles. The maximum absolute atomic E-state index is 9.82. The molecule has 146 valence electrons. The average molecular weight is 377 g/mol. The Kier molecular flexibility index (Phi) is 8.16. The Balaban J connectivity index is 2.47. The summed E-state index contributed by atoms with van der Waals surface area (Å²) in [6.07, 6.45) is 6.97. The Hall–Kier alpha value is -1.52. The quantitative estimate of drug-likeness (QED) is 0.316. The molecule has 0 aromatic heterocycles. The molecular weight excluding hydrogens is 340 g/mol. The van der Waals surface area contributed by atoms with Gasteiger partial charge < -0.3 is 14.6 Å². The van der Waals surface area contributed by atoms with Crippen LogP contribution < -0.4 is 0 Å². The Morgan fingerprint density at radius 1 is 1.08 bits per heavy atom. The van der Waals surface area contributed by atoms with Crippen LogP contribution in [0.2, 0.25) is 18.1 Å². The van der Waals surface area contributed by atoms with Gasteiger partial charge in [-0.3, -0.25) is 0 Å². The molecule has 4 heteroatoms. The fourth-order valence-corrected chi connectivity index (χ4v) is 3.26. The minimum atomic E-state index is -1.69. The summed E-state index contributed by atoms with van der Waals surface area (Å²) in [7, 11) is -1.69. The van der Waals surface area contributed by atoms with Crippen molar-refractivity contribution in [2.75, 3.05) is 6.61 Å². The second kappa shape index (κ2) is 9.42. The zero-order chi connectivity index (χ0) is 20.0. The highest BCUT2D eigenvalue weighted by Gasteiger charge is 2.36. The van der Waals surface area contributed by atoms with Gasteiger partial charge in [0.15, 0.2) is 8.32 Å². The van der Waals surface area contributed by atoms with Crippen LogP contribution in [0.5, 0.6) is 11.5 Å². The van der Waals surface area contributed by atoms with Crippen molar-refractivity contribution in [3.8, 4) is 11.5 Å². The number of phenolic OH excluding ortho intramolecular Hbond substituents is 2. The monoisotopic (exact) mass is 376 g/mol. The molecule has 3 nitrogen and oxygen atoms in total. The van der Waals surface area contributed by atoms with Crippen LogP contribution >= 0.6 is 0 Å². The van der Waals surface area contributed by atoms with Crippen LogP contribution in [0.15, 0.2) is 41.5 Å². The summed E-state index contributed by atoms with van der Waals surface area (Å²) in [5.41, 5.74) is 3.31. The van der Waals surface area contributed by atoms with E-state index in [2.05, 4.69) is 59.9 Å². The third-order valence-corrected chi connectivity index (χ3v) is 9.71. The van der Waals surface area contributed by atoms with Gasteiger partial charge in [-0.15, -0.1) is 0 Å². The molecule has 0 amide bonds. The normalized spacial score (nSPS) is 14.0. The number of allylic oxidation sites excluding steroid dienone is 3. The van der Waals surface area contributed by atoms with Gasteiger partial charge in [-0.1, -0.05) is 44.1 Å². The molecule has 0 heterocycles. The maximum Gasteiger partial charge on any atom is 0.192 e. The smallest absolute Gasteiger partial charge is 0.192 e. The molecule has 0 bridgehead atoms. The van der Waals surface area contributed by atoms with Crippen LogP contribution in [0.3, 0.4) is 0 Å². The Morgan fingerprint density at radius 3 is 2.35 bits per heavy atom. The van der Waals surface area contributed by atoms with Gasteiger partial charge in [-0.2, -0.15) is 0 Å². The molecule has 1 rings (SSSR count). The summed E-state index contributed by atoms with van der Waals surface area (Å²) in [4.78, 5) is 0. The van der Waals surface area contributed by atoms with Gasteiger partial charge in [0.2, 0.25) is 0 Å². The topological polar surface area (TPSA) is 49.7 Å². The van der Waals surface area contributed by atoms with E-state index in [-0.39, 0.29) is 16.5 Å². The zero-order valence-electron chi connectivity index (χ0n) is 17.5. The van der Waals surface area contributed by atoms with E-state index in [1.165, 1.54) is 23.3 Å². The standard InChI is InChI=1S/C22H36O3Si/c1-17(11-12-19-15-20(23)13-14-21(19)24)9-8-10-18(2)16-25-26(6,7)22(3,4)5/h10-11,13-15,23-24H,8-9,12,16H2,1-7H3/b17-11+,18-10+. The molecule has 1 aromatic rings. The van der Waals surface area contributed by atoms with E-state index in [1.54, 1.807) is 6.07 Å². The number of phenols is 2. The summed E-state index contributed by atoms with van der Waals surface area (Å²) in [6.45, 7) is 16.3. The second-order valence-electron chi connectivity index (χ2n) is 8.71. The van der Waals surface area contributed by atoms with Gasteiger partial charge in [0.05, 0.1) is 6.61 Å². The van der Waals surface area contributed by atoms with Crippen LogP contribution in [-0.4, -0.2) is 25.1 Å². The van der Waals surface area contributed by atoms with Crippen molar-refractivity contribution in [2.45, 2.75) is 72.0 Å². The molecule has 0 unspecified atom stereocenters. The highest BCUT2D eigenvalue weighted by atomic mass is 28.4. The van der Waals surface area contributed by atoms with Crippen LogP contribution in [0, 0.1) is 0 Å². The molecule has 0 aliphatic rings. The highest BCUT2D eigenvalue weighted by Crippen LogP contribution is 2.36. The number of aromatic hydroxyl groups is 2. The van der Waals surface area contributed by atoms with Crippen molar-refractivity contribution >= 4 is 8.32 Å². The van der Waals surface area contributed by atoms with E-state index in [4.69, 9.17) is 4.43 Å². The first-order valence-electron chi connectivity index (χ1n) is 9.38. The fourth-order valence-electron chi connectivity index (χ4n) is 2.24. The molecule has 0 aliphatic heterocycles. The van der Waals surface area contributed by atoms with Crippen molar-refractivity contribution in [2.24, 2.45) is 0 Å². The molecule has 0 spiro atoms. The molecular formula is C22H36O3Si. The lowest BCUT2D eigenvalue weighted by Crippen LogP contribution is -2.41. The lowest BCUT2D eigenvalue weighted by atomic mass is 10.1. The molecule has 0 saturated carbocycles. The lowest BCUT2D eigenvalue weighted by molar-refractivity contribution is 0.318. The third-order valence-electron chi connectivity index (χ3n) is 5.23. The SMILES string of the molecule is C/C(=C\Cc1cc(O)ccc1O)CC/C=C(\C)CO[Si](C)(C)C(C)(C)C. The molecule has 0 saturated heterocycles. The summed E-state index contributed by atoms with van der Waals surface area (Å²) in [5, 5.41) is 19.6. The fraction of sp³-hybridized carbons (Fsp3) is 0.545. The molecule has 0 fully saturated rings. The predicted octanol–water partition coefficient (Wildman–Crippen LogP) is 6.33. The van der Waals surface area contributed by atoms with Crippen molar-refractivity contribution < 1.29 is 14.6 Å². The van der Waals surface area contributed by atoms with Crippen molar-refractivity contribution in [3.05, 3.63) is 47.1 Å². The summed E-state index contributed by atoms with van der Waals surface area (Å²) < 4.78 is 6.25. The van der Waals surface area contributed by atoms with Crippen molar-refractivity contribution in [3.63, 3.8) is 0 Å². The van der Waals surface area contributed by atoms with Crippen LogP contribution in [0.1, 0.15) is 53.0 Å². The second-order valence-corrected chi connectivity index (χ2v) is 13.5. The zero-order valence-corrected chi connectivity index (χ0v) is 18.5. The van der Waals surface area contributed by atoms with Crippen LogP contribution in [0.4, 0.5) is 0 Å². The minimum Gasteiger partial charge on any atom is -0.508 e. The number of hydrogen-bond donors (Lipinski definition) is 2. The first-order valence-corrected chi connectivity index (χ1v) is 12.3. The number of benzene rings is 1. The summed E-state index contributed by atoms with van der Waals surface area (Å²) >= 11 is 0. The summed E-state index contributed by atoms with van der Waals surface area (Å²) in [5.74, 6) is 0.412. The highest BCUT2D eigenvalue weighted by molar-refractivity contribution is 6.74. The van der Waals surface area contributed by atoms with Crippen molar-refractivity contribution in [1.82, 2.24) is 0 Å². The van der Waals surface area contributed by atoms with Gasteiger partial charge in [-0.25, -0.2) is 0 Å². The minimum absolute atomic E-state index is 0.184. The predicted molar refractivity (Wildman–Crippen MR) is 113 cm³/mol. The molecule has 0 radical (unpaired) electrons. The van der Waals surface area contributed by atoms with Gasteiger partial charge in [0, 0.05) is 5.56 Å². The third kappa shape index (κ3) is 7.38. The van der Waals surface area contributed by atoms with E-state index in [0.29, 0.717) is 6.42 Å². The van der Waals surface area contributed by atoms with Gasteiger partial charge in [0.1, 0.15) is 11.5 Å². The van der Waals surface area contributed by atoms with Gasteiger partial charge in [0.25, 0.3) is 0 Å². The van der Waals surface area contributed by atoms with E-state index in [9.17, 15) is 10.2 Å². The van der Waals surface area contributed by atoms with Gasteiger partial charge in [-0.05, 0) is 69.4 Å². The molecule has 26 heavy (non-hydrogen) atoms. The molecule has 2 N–H and O–H groups in total. The van der Waals surface area contributed by atoms with Gasteiger partial charge >= 0.3 is 0 Å². The lowest BCUT2D eigenvalue weighted by Gasteiger charge is -2.36. The van der Waals surface area contributed by atoms with E-state index >= 15 is 0 Å². The van der Waals surface area contributed by atoms with E-state index < -0.39 is 8.32 Å². The van der Waals surface area contributed by atoms with Crippen LogP contribution in [0.25, 0.3) is 0 Å². The molecule has 0 atom stereocenters. The number of rotatable bonds is 8. The molecule has 0 aliphatic carbocycles. The number of hydrogen-bond acceptors (Lipinski definition) is 3. The van der Waals surface area contributed by atoms with Crippen molar-refractivity contribution in [1.29, 1.82) is 0 Å². The van der Waals surface area contributed by atoms with E-state index in [0.717, 1.165) is 25.0 Å². The Morgan fingerprint density at radius 2 is 1.73 bits per heavy atom. The first kappa shape index (κ1) is 22.5. The Labute approximate surface area is 160 Å². The first-order chi connectivity index (χ1) is 11.9. The van der Waals surface area contributed by atoms with Crippen LogP contribution in [-0.2, 0) is 10.8 Å². The van der Waals surface area contributed by atoms with E-state index in [1.807, 2.05) is 0 Å². The average Bonchev–Trinajstić information content (AvgIpc) is 2.53. The maximum atomic E-state index is 9.82. The summed E-state index contributed by atoms with van der Waals surface area (Å²) in [6, 6.07) is 4.64.